The van der Waals surface area contributed by atoms with E-state index in [1.54, 1.807) is 6.07 Å². The van der Waals surface area contributed by atoms with Gasteiger partial charge in [0.25, 0.3) is 0 Å². The zero-order chi connectivity index (χ0) is 16.5. The molecule has 1 heterocycles. The molecule has 1 aromatic rings. The monoisotopic (exact) mass is 336 g/mol. The molecule has 0 saturated heterocycles. The van der Waals surface area contributed by atoms with Gasteiger partial charge in [-0.25, -0.2) is 0 Å². The lowest BCUT2D eigenvalue weighted by atomic mass is 10.0. The minimum absolute atomic E-state index is 0.0000151. The number of thiophene rings is 1. The van der Waals surface area contributed by atoms with E-state index >= 15 is 0 Å². The molecule has 23 heavy (non-hydrogen) atoms. The summed E-state index contributed by atoms with van der Waals surface area (Å²) in [6, 6.07) is 3.59. The van der Waals surface area contributed by atoms with Crippen LogP contribution in [-0.4, -0.2) is 30.7 Å². The molecule has 0 bridgehead atoms. The van der Waals surface area contributed by atoms with Crippen LogP contribution in [-0.2, 0) is 9.59 Å². The van der Waals surface area contributed by atoms with Crippen LogP contribution in [0.1, 0.15) is 54.6 Å². The van der Waals surface area contributed by atoms with Crippen molar-refractivity contribution in [3.63, 3.8) is 0 Å². The summed E-state index contributed by atoms with van der Waals surface area (Å²) in [6.07, 6.45) is 5.79. The van der Waals surface area contributed by atoms with Crippen LogP contribution in [0.15, 0.2) is 17.5 Å². The van der Waals surface area contributed by atoms with E-state index in [0.717, 1.165) is 12.8 Å². The second kappa shape index (κ2) is 9.45. The standard InChI is InChI=1S/C17H24N2O3S/c20-14(15-6-3-11-23-15)7-8-16(21)18-9-10-19-17(22)12-13-4-1-2-5-13/h3,6,11,13H,1-2,4-5,7-10,12H2,(H,18,21)(H,19,22). The number of nitrogens with one attached hydrogen (secondary N) is 2. The number of rotatable bonds is 9. The molecule has 2 rings (SSSR count). The van der Waals surface area contributed by atoms with Gasteiger partial charge < -0.3 is 10.6 Å². The molecule has 126 valence electrons. The van der Waals surface area contributed by atoms with Crippen LogP contribution in [0.25, 0.3) is 0 Å². The highest BCUT2D eigenvalue weighted by Gasteiger charge is 2.18. The fraction of sp³-hybridized carbons (Fsp3) is 0.588. The van der Waals surface area contributed by atoms with Gasteiger partial charge in [0.2, 0.25) is 11.8 Å². The highest BCUT2D eigenvalue weighted by Crippen LogP contribution is 2.27. The largest absolute Gasteiger partial charge is 0.354 e. The average Bonchev–Trinajstić information content (AvgIpc) is 3.22. The average molecular weight is 336 g/mol. The Kier molecular flexibility index (Phi) is 7.26. The molecule has 1 aliphatic carbocycles. The molecule has 0 aliphatic heterocycles. The van der Waals surface area contributed by atoms with Gasteiger partial charge in [0.15, 0.2) is 5.78 Å². The lowest BCUT2D eigenvalue weighted by Gasteiger charge is -2.10. The molecular weight excluding hydrogens is 312 g/mol. The van der Waals surface area contributed by atoms with E-state index in [-0.39, 0.29) is 30.4 Å². The van der Waals surface area contributed by atoms with Crippen LogP contribution in [0, 0.1) is 5.92 Å². The van der Waals surface area contributed by atoms with Crippen molar-refractivity contribution in [2.75, 3.05) is 13.1 Å². The molecular formula is C17H24N2O3S. The summed E-state index contributed by atoms with van der Waals surface area (Å²) in [6.45, 7) is 0.846. The van der Waals surface area contributed by atoms with Gasteiger partial charge >= 0.3 is 0 Å². The van der Waals surface area contributed by atoms with Gasteiger partial charge in [-0.15, -0.1) is 11.3 Å². The molecule has 0 atom stereocenters. The number of amides is 2. The number of carbonyl (C=O) groups excluding carboxylic acids is 3. The van der Waals surface area contributed by atoms with Crippen LogP contribution < -0.4 is 10.6 Å². The van der Waals surface area contributed by atoms with E-state index in [1.165, 1.54) is 24.2 Å². The second-order valence-electron chi connectivity index (χ2n) is 5.95. The van der Waals surface area contributed by atoms with E-state index in [1.807, 2.05) is 11.4 Å². The van der Waals surface area contributed by atoms with Gasteiger partial charge in [-0.1, -0.05) is 18.9 Å². The molecule has 0 unspecified atom stereocenters. The minimum Gasteiger partial charge on any atom is -0.354 e. The fourth-order valence-electron chi connectivity index (χ4n) is 2.83. The van der Waals surface area contributed by atoms with Crippen molar-refractivity contribution >= 4 is 28.9 Å². The van der Waals surface area contributed by atoms with Crippen molar-refractivity contribution in [1.29, 1.82) is 0 Å². The molecule has 0 spiro atoms. The second-order valence-corrected chi connectivity index (χ2v) is 6.90. The molecule has 2 N–H and O–H groups in total. The number of hydrogen-bond acceptors (Lipinski definition) is 4. The summed E-state index contributed by atoms with van der Waals surface area (Å²) in [5, 5.41) is 7.41. The number of hydrogen-bond donors (Lipinski definition) is 2. The van der Waals surface area contributed by atoms with Crippen molar-refractivity contribution in [2.45, 2.75) is 44.9 Å². The van der Waals surface area contributed by atoms with E-state index in [9.17, 15) is 14.4 Å². The van der Waals surface area contributed by atoms with E-state index in [2.05, 4.69) is 10.6 Å². The van der Waals surface area contributed by atoms with Crippen LogP contribution in [0.3, 0.4) is 0 Å². The van der Waals surface area contributed by atoms with Crippen molar-refractivity contribution in [3.8, 4) is 0 Å². The summed E-state index contributed by atoms with van der Waals surface area (Å²) in [4.78, 5) is 35.8. The minimum atomic E-state index is -0.153. The third-order valence-corrected chi connectivity index (χ3v) is 5.00. The molecule has 0 radical (unpaired) electrons. The number of ketones is 1. The first kappa shape index (κ1) is 17.7. The van der Waals surface area contributed by atoms with Gasteiger partial charge in [-0.3, -0.25) is 14.4 Å². The summed E-state index contributed by atoms with van der Waals surface area (Å²) in [5.41, 5.74) is 0. The Balaban J connectivity index is 1.51. The Morgan fingerprint density at radius 2 is 1.74 bits per heavy atom. The molecule has 2 amide bonds. The van der Waals surface area contributed by atoms with Crippen LogP contribution in [0.4, 0.5) is 0 Å². The predicted molar refractivity (Wildman–Crippen MR) is 90.5 cm³/mol. The Labute approximate surface area is 140 Å². The number of carbonyl (C=O) groups is 3. The van der Waals surface area contributed by atoms with Gasteiger partial charge in [0.05, 0.1) is 4.88 Å². The molecule has 6 heteroatoms. The summed E-state index contributed by atoms with van der Waals surface area (Å²) in [5.74, 6) is 0.451. The van der Waals surface area contributed by atoms with Gasteiger partial charge in [-0.05, 0) is 30.2 Å². The van der Waals surface area contributed by atoms with Gasteiger partial charge in [-0.2, -0.15) is 0 Å². The molecule has 1 aliphatic rings. The lowest BCUT2D eigenvalue weighted by molar-refractivity contribution is -0.123. The van der Waals surface area contributed by atoms with Gasteiger partial charge in [0.1, 0.15) is 0 Å². The summed E-state index contributed by atoms with van der Waals surface area (Å²) >= 11 is 1.39. The lowest BCUT2D eigenvalue weighted by Crippen LogP contribution is -2.35. The predicted octanol–water partition coefficient (Wildman–Crippen LogP) is 2.52. The Bertz CT molecular complexity index is 522. The first-order valence-corrected chi connectivity index (χ1v) is 9.13. The zero-order valence-electron chi connectivity index (χ0n) is 13.3. The third-order valence-electron chi connectivity index (χ3n) is 4.09. The Morgan fingerprint density at radius 3 is 2.39 bits per heavy atom. The van der Waals surface area contributed by atoms with Gasteiger partial charge in [0, 0.05) is 32.4 Å². The first-order chi connectivity index (χ1) is 11.1. The topological polar surface area (TPSA) is 75.3 Å². The molecule has 5 nitrogen and oxygen atoms in total. The number of Topliss-reactive ketones (excluding diaryl/α,β-unsaturated/α-hetero) is 1. The molecule has 1 saturated carbocycles. The highest BCUT2D eigenvalue weighted by atomic mass is 32.1. The van der Waals surface area contributed by atoms with Crippen LogP contribution >= 0.6 is 11.3 Å². The van der Waals surface area contributed by atoms with Crippen LogP contribution in [0.2, 0.25) is 0 Å². The quantitative estimate of drug-likeness (QED) is 0.537. The fourth-order valence-corrected chi connectivity index (χ4v) is 3.52. The highest BCUT2D eigenvalue weighted by molar-refractivity contribution is 7.12. The smallest absolute Gasteiger partial charge is 0.220 e. The molecule has 0 aromatic carbocycles. The Morgan fingerprint density at radius 1 is 1.04 bits per heavy atom. The van der Waals surface area contributed by atoms with Crippen LogP contribution in [0.5, 0.6) is 0 Å². The maximum Gasteiger partial charge on any atom is 0.220 e. The third kappa shape index (κ3) is 6.52. The SMILES string of the molecule is O=C(CCC(=O)c1cccs1)NCCNC(=O)CC1CCCC1. The van der Waals surface area contributed by atoms with E-state index in [0.29, 0.717) is 30.3 Å². The first-order valence-electron chi connectivity index (χ1n) is 8.25. The van der Waals surface area contributed by atoms with Crippen molar-refractivity contribution in [3.05, 3.63) is 22.4 Å². The molecule has 1 aromatic heterocycles. The summed E-state index contributed by atoms with van der Waals surface area (Å²) < 4.78 is 0. The maximum absolute atomic E-state index is 11.8. The van der Waals surface area contributed by atoms with Crippen molar-refractivity contribution in [2.24, 2.45) is 5.92 Å². The van der Waals surface area contributed by atoms with E-state index < -0.39 is 0 Å². The Hall–Kier alpha value is -1.69. The zero-order valence-corrected chi connectivity index (χ0v) is 14.1. The van der Waals surface area contributed by atoms with Crippen molar-refractivity contribution in [1.82, 2.24) is 10.6 Å². The maximum atomic E-state index is 11.8. The molecule has 1 fully saturated rings. The summed E-state index contributed by atoms with van der Waals surface area (Å²) in [7, 11) is 0. The van der Waals surface area contributed by atoms with E-state index in [4.69, 9.17) is 0 Å². The normalized spacial score (nSPS) is 14.6. The van der Waals surface area contributed by atoms with Crippen molar-refractivity contribution < 1.29 is 14.4 Å².